The molecule has 0 bridgehead atoms. The molecular formula is C97H91ClF12N10O13. The molecule has 0 aromatic heterocycles. The van der Waals surface area contributed by atoms with Crippen molar-refractivity contribution in [2.75, 3.05) is 94.7 Å². The van der Waals surface area contributed by atoms with Crippen LogP contribution in [0.5, 0.6) is 17.2 Å². The summed E-state index contributed by atoms with van der Waals surface area (Å²) in [5.41, 5.74) is 1.19. The first-order valence-electron chi connectivity index (χ1n) is 41.7. The number of amides is 10. The fourth-order valence-electron chi connectivity index (χ4n) is 16.3. The van der Waals surface area contributed by atoms with Crippen molar-refractivity contribution in [1.82, 2.24) is 25.8 Å². The summed E-state index contributed by atoms with van der Waals surface area (Å²) >= 11 is 6.00. The van der Waals surface area contributed by atoms with Crippen molar-refractivity contribution >= 4 is 99.1 Å². The van der Waals surface area contributed by atoms with E-state index in [1.165, 1.54) is 104 Å². The minimum atomic E-state index is -4.62. The Hall–Kier alpha value is -14.3. The summed E-state index contributed by atoms with van der Waals surface area (Å²) in [5.74, 6) is -19.3. The van der Waals surface area contributed by atoms with E-state index in [9.17, 15) is 101 Å². The quantitative estimate of drug-likeness (QED) is 0.0212. The molecule has 10 aromatic rings. The normalized spacial score (nSPS) is 19.8. The zero-order valence-electron chi connectivity index (χ0n) is 71.9. The number of piperidine rings is 5. The molecule has 5 saturated heterocycles. The number of nitrogens with zero attached hydrogens (tertiary/aromatic N) is 2. The van der Waals surface area contributed by atoms with Crippen molar-refractivity contribution in [2.24, 2.45) is 29.6 Å². The predicted molar refractivity (Wildman–Crippen MR) is 470 cm³/mol. The third-order valence-electron chi connectivity index (χ3n) is 23.1. The van der Waals surface area contributed by atoms with Gasteiger partial charge in [-0.25, -0.2) is 39.5 Å². The van der Waals surface area contributed by atoms with E-state index in [1.54, 1.807) is 99.0 Å². The molecule has 133 heavy (non-hydrogen) atoms. The molecule has 10 amide bonds. The highest BCUT2D eigenvalue weighted by molar-refractivity contribution is 6.30. The Morgan fingerprint density at radius 3 is 1.09 bits per heavy atom. The molecule has 36 heteroatoms. The van der Waals surface area contributed by atoms with E-state index < -0.39 is 159 Å². The number of likely N-dealkylation sites (tertiary alicyclic amines) is 2. The Morgan fingerprint density at radius 2 is 0.684 bits per heavy atom. The monoisotopic (exact) mass is 1870 g/mol. The number of hydrogen-bond donors (Lipinski definition) is 8. The van der Waals surface area contributed by atoms with Crippen LogP contribution in [-0.4, -0.2) is 137 Å². The fraction of sp³-hybridized carbons (Fsp3) is 0.278. The van der Waals surface area contributed by atoms with Crippen LogP contribution in [0.4, 0.5) is 81.1 Å². The molecule has 8 N–H and O–H groups in total. The molecule has 5 aliphatic heterocycles. The Morgan fingerprint density at radius 1 is 0.361 bits per heavy atom. The minimum Gasteiger partial charge on any atom is -0.497 e. The van der Waals surface area contributed by atoms with Crippen LogP contribution in [0.2, 0.25) is 5.02 Å². The highest BCUT2D eigenvalue weighted by atomic mass is 35.5. The van der Waals surface area contributed by atoms with E-state index in [1.807, 2.05) is 42.5 Å². The standard InChI is InChI=1S/C20H17F5N2O2.C20H19F3N2O3.C20H21FN2O3.C19H19FN2O3.C18H15ClF2N2O2/c1-27-8-7-12(10-3-2-4-11(9-10)18(24)25)15(20(27)29)19(28)26-14-6-5-13(21)16(22)17(14)23;1-28-13-6-4-5-12(11-13)14-9-10-24-18(26)17(14)19(27)25-16-8-3-2-7-15(16)20(21,22)23;1-23-11-10-15(13-6-5-7-14(12-13)26-2)18(20(23)25)19(24)22-17-9-4-3-8-16(17)21;1-25-13-6-4-5-12(11-13)14-9-10-21-18(23)17(14)19(24)22-16-8-3-2-7-15(16)20;19-11-4-1-3-10(9-11)12-7-8-22-17(24)15(12)18(25)23-14-6-2-5-13(20)16(14)21/h2-6,9,12,15,18H,7-8H2,1H3,(H,26,28);2-8,11,14,17H,9-10H2,1H3,(H,24,26)(H,25,27);3-9,12,15,18H,10-11H2,1-2H3,(H,22,24);2-8,11,14,17H,9-10H2,1H3,(H,21,23)(H,22,24);1-6,9,12,15H,7-8H2,(H,22,24)(H,23,25)/t;;;;12-,15-/m....1/s1. The molecule has 0 aliphatic carbocycles. The number of carbonyl (C=O) groups is 10. The second-order valence-corrected chi connectivity index (χ2v) is 31.8. The van der Waals surface area contributed by atoms with E-state index in [4.69, 9.17) is 25.8 Å². The van der Waals surface area contributed by atoms with E-state index in [0.717, 1.165) is 40.5 Å². The summed E-state index contributed by atoms with van der Waals surface area (Å²) in [7, 11) is 7.79. The number of alkyl halides is 5. The number of benzene rings is 10. The zero-order valence-corrected chi connectivity index (χ0v) is 72.7. The number of para-hydroxylation sites is 3. The SMILES string of the molecule is CN1CCC(c2cccc(C(F)F)c2)C(C(=O)Nc2ccc(F)c(F)c2F)C1=O.COc1cccc(C2CCN(C)C(=O)C2C(=O)Nc2ccccc2F)c1.COc1cccc(C2CCNC(=O)C2C(=O)Nc2ccccc2C(F)(F)F)c1.COc1cccc(C2CCNC(=O)C2C(=O)Nc2ccccc2F)c1.O=C1NCC[C@H](c2cccc(Cl)c2)[C@H]1C(=O)Nc1cccc(F)c1F. The second-order valence-electron chi connectivity index (χ2n) is 31.4. The summed E-state index contributed by atoms with van der Waals surface area (Å²) in [6.45, 7) is 2.15. The first kappa shape index (κ1) is 99.3. The molecule has 8 unspecified atom stereocenters. The molecule has 5 aliphatic rings. The average molecular weight is 1870 g/mol. The van der Waals surface area contributed by atoms with Crippen LogP contribution in [0, 0.1) is 70.3 Å². The van der Waals surface area contributed by atoms with Gasteiger partial charge in [-0.2, -0.15) is 13.2 Å². The molecule has 10 atom stereocenters. The zero-order chi connectivity index (χ0) is 96.1. The molecular weight excluding hydrogens is 1780 g/mol. The van der Waals surface area contributed by atoms with Gasteiger partial charge in [0.15, 0.2) is 29.1 Å². The molecule has 10 aromatic carbocycles. The van der Waals surface area contributed by atoms with Crippen molar-refractivity contribution in [1.29, 1.82) is 0 Å². The number of anilines is 5. The van der Waals surface area contributed by atoms with E-state index in [-0.39, 0.29) is 52.0 Å². The summed E-state index contributed by atoms with van der Waals surface area (Å²) in [4.78, 5) is 129. The number of hydrogen-bond acceptors (Lipinski definition) is 13. The maximum Gasteiger partial charge on any atom is 0.418 e. The first-order chi connectivity index (χ1) is 63.6. The van der Waals surface area contributed by atoms with Gasteiger partial charge in [0.05, 0.1) is 55.3 Å². The lowest BCUT2D eigenvalue weighted by Crippen LogP contribution is -2.47. The van der Waals surface area contributed by atoms with Gasteiger partial charge in [-0.15, -0.1) is 0 Å². The first-order valence-corrected chi connectivity index (χ1v) is 42.1. The molecule has 0 spiro atoms. The molecule has 15 rings (SSSR count). The average Bonchev–Trinajstić information content (AvgIpc) is 0.797. The second kappa shape index (κ2) is 45.5. The van der Waals surface area contributed by atoms with Gasteiger partial charge in [0, 0.05) is 87.0 Å². The van der Waals surface area contributed by atoms with Crippen molar-refractivity contribution in [3.05, 3.63) is 309 Å². The molecule has 698 valence electrons. The highest BCUT2D eigenvalue weighted by Gasteiger charge is 2.46. The summed E-state index contributed by atoms with van der Waals surface area (Å²) in [6, 6.07) is 55.5. The van der Waals surface area contributed by atoms with Crippen LogP contribution < -0.4 is 56.7 Å². The van der Waals surface area contributed by atoms with Gasteiger partial charge in [0.25, 0.3) is 6.43 Å². The fourth-order valence-corrected chi connectivity index (χ4v) is 16.5. The number of nitrogens with one attached hydrogen (secondary N) is 8. The van der Waals surface area contributed by atoms with Gasteiger partial charge in [-0.1, -0.05) is 121 Å². The van der Waals surface area contributed by atoms with Gasteiger partial charge < -0.3 is 66.5 Å². The van der Waals surface area contributed by atoms with Crippen LogP contribution in [0.1, 0.15) is 107 Å². The molecule has 23 nitrogen and oxygen atoms in total. The van der Waals surface area contributed by atoms with E-state index >= 15 is 0 Å². The predicted octanol–water partition coefficient (Wildman–Crippen LogP) is 17.0. The number of ether oxygens (including phenoxy) is 3. The van der Waals surface area contributed by atoms with Gasteiger partial charge in [0.1, 0.15) is 58.5 Å². The Labute approximate surface area is 761 Å². The molecule has 0 saturated carbocycles. The van der Waals surface area contributed by atoms with Crippen molar-refractivity contribution in [3.8, 4) is 17.2 Å². The minimum absolute atomic E-state index is 0.0651. The van der Waals surface area contributed by atoms with Gasteiger partial charge >= 0.3 is 6.18 Å². The largest absolute Gasteiger partial charge is 0.497 e. The molecule has 5 fully saturated rings. The van der Waals surface area contributed by atoms with E-state index in [2.05, 4.69) is 42.5 Å². The third-order valence-corrected chi connectivity index (χ3v) is 23.3. The van der Waals surface area contributed by atoms with Gasteiger partial charge in [0.2, 0.25) is 59.1 Å². The number of rotatable bonds is 19. The van der Waals surface area contributed by atoms with Crippen LogP contribution >= 0.6 is 11.6 Å². The summed E-state index contributed by atoms with van der Waals surface area (Å²) in [5, 5.41) is 20.3. The van der Waals surface area contributed by atoms with E-state index in [0.29, 0.717) is 98.7 Å². The third kappa shape index (κ3) is 24.9. The van der Waals surface area contributed by atoms with Crippen LogP contribution in [0.25, 0.3) is 0 Å². The van der Waals surface area contributed by atoms with Crippen molar-refractivity contribution in [3.63, 3.8) is 0 Å². The van der Waals surface area contributed by atoms with Crippen LogP contribution in [0.3, 0.4) is 0 Å². The number of methoxy groups -OCH3 is 3. The number of carbonyl (C=O) groups excluding carboxylic acids is 10. The van der Waals surface area contributed by atoms with Gasteiger partial charge in [-0.05, 0) is 175 Å². The Bertz CT molecular complexity index is 5910. The lowest BCUT2D eigenvalue weighted by Gasteiger charge is -2.35. The van der Waals surface area contributed by atoms with Crippen LogP contribution in [-0.2, 0) is 54.1 Å². The summed E-state index contributed by atoms with van der Waals surface area (Å²) < 4.78 is 177. The highest BCUT2D eigenvalue weighted by Crippen LogP contribution is 2.43. The topological polar surface area (TPSA) is 301 Å². The van der Waals surface area contributed by atoms with Crippen molar-refractivity contribution < 1.29 is 115 Å². The van der Waals surface area contributed by atoms with Crippen LogP contribution in [0.15, 0.2) is 224 Å². The molecule has 5 heterocycles. The maximum atomic E-state index is 13.9. The summed E-state index contributed by atoms with van der Waals surface area (Å²) in [6.07, 6.45) is -4.74. The Kier molecular flexibility index (Phi) is 34.0. The smallest absolute Gasteiger partial charge is 0.418 e. The maximum absolute atomic E-state index is 13.9. The molecule has 0 radical (unpaired) electrons. The lowest BCUT2D eigenvalue weighted by molar-refractivity contribution is -0.144. The van der Waals surface area contributed by atoms with Crippen molar-refractivity contribution in [2.45, 2.75) is 74.3 Å². The van der Waals surface area contributed by atoms with Gasteiger partial charge in [-0.3, -0.25) is 47.9 Å². The number of halogens is 13. The lowest BCUT2D eigenvalue weighted by atomic mass is 9.79. The Balaban J connectivity index is 0.000000160.